The molecule has 0 aliphatic carbocycles. The molecule has 120 valence electrons. The molecular weight excluding hydrogens is 276 g/mol. The van der Waals surface area contributed by atoms with Crippen molar-refractivity contribution in [3.8, 4) is 0 Å². The van der Waals surface area contributed by atoms with Gasteiger partial charge < -0.3 is 14.6 Å². The Morgan fingerprint density at radius 1 is 1.27 bits per heavy atom. The van der Waals surface area contributed by atoms with E-state index in [4.69, 9.17) is 4.74 Å². The smallest absolute Gasteiger partial charge is 0.268 e. The van der Waals surface area contributed by atoms with Gasteiger partial charge in [-0.15, -0.1) is 0 Å². The number of unbranched alkanes of at least 4 members (excludes halogenated alkanes) is 1. The lowest BCUT2D eigenvalue weighted by Crippen LogP contribution is -2.28. The van der Waals surface area contributed by atoms with Gasteiger partial charge in [0.1, 0.15) is 5.69 Å². The third-order valence-electron chi connectivity index (χ3n) is 3.99. The molecule has 0 aliphatic rings. The molecule has 0 unspecified atom stereocenters. The van der Waals surface area contributed by atoms with Crippen molar-refractivity contribution < 1.29 is 9.53 Å². The van der Waals surface area contributed by atoms with Gasteiger partial charge in [0.2, 0.25) is 0 Å². The van der Waals surface area contributed by atoms with Gasteiger partial charge in [-0.3, -0.25) is 4.79 Å². The van der Waals surface area contributed by atoms with Crippen LogP contribution in [0.3, 0.4) is 0 Å². The number of ether oxygens (including phenoxy) is 1. The number of nitrogens with zero attached hydrogens (tertiary/aromatic N) is 1. The number of hydrogen-bond donors (Lipinski definition) is 1. The minimum Gasteiger partial charge on any atom is -0.385 e. The lowest BCUT2D eigenvalue weighted by atomic mass is 10.1. The summed E-state index contributed by atoms with van der Waals surface area (Å²) in [4.78, 5) is 12.6. The summed E-state index contributed by atoms with van der Waals surface area (Å²) in [6, 6.07) is 8.25. The van der Waals surface area contributed by atoms with Crippen molar-refractivity contribution in [2.45, 2.75) is 39.7 Å². The summed E-state index contributed by atoms with van der Waals surface area (Å²) in [6.45, 7) is 6.39. The van der Waals surface area contributed by atoms with E-state index >= 15 is 0 Å². The van der Waals surface area contributed by atoms with Gasteiger partial charge in [0, 0.05) is 37.7 Å². The second kappa shape index (κ2) is 7.99. The van der Waals surface area contributed by atoms with Gasteiger partial charge >= 0.3 is 0 Å². The third kappa shape index (κ3) is 3.50. The van der Waals surface area contributed by atoms with E-state index in [1.807, 2.05) is 19.1 Å². The van der Waals surface area contributed by atoms with Gasteiger partial charge in [-0.2, -0.15) is 0 Å². The maximum absolute atomic E-state index is 12.6. The fourth-order valence-electron chi connectivity index (χ4n) is 2.82. The van der Waals surface area contributed by atoms with Gasteiger partial charge in [0.05, 0.1) is 0 Å². The largest absolute Gasteiger partial charge is 0.385 e. The van der Waals surface area contributed by atoms with Crippen molar-refractivity contribution in [1.82, 2.24) is 9.88 Å². The molecule has 0 aliphatic heterocycles. The number of para-hydroxylation sites is 1. The first-order valence-electron chi connectivity index (χ1n) is 8.05. The summed E-state index contributed by atoms with van der Waals surface area (Å²) in [5, 5.41) is 4.18. The number of fused-ring (bicyclic) bond motifs is 1. The molecular formula is C18H26N2O2. The van der Waals surface area contributed by atoms with Crippen LogP contribution >= 0.6 is 0 Å². The molecule has 0 fully saturated rings. The van der Waals surface area contributed by atoms with Crippen molar-refractivity contribution in [3.05, 3.63) is 35.5 Å². The second-order valence-corrected chi connectivity index (χ2v) is 5.60. The summed E-state index contributed by atoms with van der Waals surface area (Å²) in [5.41, 5.74) is 3.01. The van der Waals surface area contributed by atoms with Crippen LogP contribution in [-0.4, -0.2) is 30.7 Å². The number of benzene rings is 1. The Labute approximate surface area is 132 Å². The fourth-order valence-corrected chi connectivity index (χ4v) is 2.82. The van der Waals surface area contributed by atoms with Crippen LogP contribution in [0.4, 0.5) is 0 Å². The summed E-state index contributed by atoms with van der Waals surface area (Å²) in [5.74, 6) is 0.0147. The number of carbonyl (C=O) groups excluding carboxylic acids is 1. The third-order valence-corrected chi connectivity index (χ3v) is 3.99. The van der Waals surface area contributed by atoms with E-state index in [0.717, 1.165) is 42.6 Å². The van der Waals surface area contributed by atoms with Crippen molar-refractivity contribution >= 4 is 16.8 Å². The number of nitrogens with one attached hydrogen (secondary N) is 1. The topological polar surface area (TPSA) is 43.3 Å². The molecule has 0 saturated carbocycles. The number of aryl methyl sites for hydroxylation is 2. The quantitative estimate of drug-likeness (QED) is 0.758. The molecule has 2 rings (SSSR count). The minimum absolute atomic E-state index is 0.0147. The Balaban J connectivity index is 2.30. The Morgan fingerprint density at radius 2 is 2.05 bits per heavy atom. The van der Waals surface area contributed by atoms with Gasteiger partial charge in [0.15, 0.2) is 0 Å². The number of hydrogen-bond acceptors (Lipinski definition) is 2. The molecule has 1 amide bonds. The number of rotatable bonds is 8. The molecule has 0 spiro atoms. The van der Waals surface area contributed by atoms with Gasteiger partial charge in [-0.05, 0) is 31.4 Å². The van der Waals surface area contributed by atoms with E-state index in [9.17, 15) is 4.79 Å². The molecule has 0 bridgehead atoms. The zero-order chi connectivity index (χ0) is 15.9. The van der Waals surface area contributed by atoms with E-state index in [2.05, 4.69) is 28.9 Å². The fraction of sp³-hybridized carbons (Fsp3) is 0.500. The summed E-state index contributed by atoms with van der Waals surface area (Å²) < 4.78 is 7.19. The molecule has 22 heavy (non-hydrogen) atoms. The molecule has 0 atom stereocenters. The molecule has 1 heterocycles. The van der Waals surface area contributed by atoms with Crippen LogP contribution in [0.1, 0.15) is 42.2 Å². The highest BCUT2D eigenvalue weighted by molar-refractivity contribution is 6.01. The summed E-state index contributed by atoms with van der Waals surface area (Å²) in [6.07, 6.45) is 3.01. The lowest BCUT2D eigenvalue weighted by Gasteiger charge is -2.11. The van der Waals surface area contributed by atoms with Gasteiger partial charge in [-0.25, -0.2) is 0 Å². The number of methoxy groups -OCH3 is 1. The van der Waals surface area contributed by atoms with Gasteiger partial charge in [-0.1, -0.05) is 31.5 Å². The molecule has 1 aromatic heterocycles. The summed E-state index contributed by atoms with van der Waals surface area (Å²) >= 11 is 0. The van der Waals surface area contributed by atoms with Crippen LogP contribution in [0.25, 0.3) is 10.9 Å². The molecule has 4 nitrogen and oxygen atoms in total. The average Bonchev–Trinajstić information content (AvgIpc) is 2.82. The monoisotopic (exact) mass is 302 g/mol. The summed E-state index contributed by atoms with van der Waals surface area (Å²) in [7, 11) is 1.68. The first-order chi connectivity index (χ1) is 10.7. The zero-order valence-electron chi connectivity index (χ0n) is 13.8. The first-order valence-corrected chi connectivity index (χ1v) is 8.05. The highest BCUT2D eigenvalue weighted by Gasteiger charge is 2.19. The molecule has 0 saturated heterocycles. The molecule has 2 aromatic rings. The van der Waals surface area contributed by atoms with Crippen LogP contribution < -0.4 is 5.32 Å². The Hall–Kier alpha value is -1.81. The average molecular weight is 302 g/mol. The molecule has 1 N–H and O–H groups in total. The van der Waals surface area contributed by atoms with Crippen LogP contribution in [0.5, 0.6) is 0 Å². The number of carbonyl (C=O) groups is 1. The van der Waals surface area contributed by atoms with Crippen LogP contribution in [0.15, 0.2) is 24.3 Å². The lowest BCUT2D eigenvalue weighted by molar-refractivity contribution is 0.0939. The van der Waals surface area contributed by atoms with Crippen molar-refractivity contribution in [3.63, 3.8) is 0 Å². The van der Waals surface area contributed by atoms with E-state index in [1.165, 1.54) is 5.39 Å². The minimum atomic E-state index is 0.0147. The van der Waals surface area contributed by atoms with E-state index in [-0.39, 0.29) is 5.91 Å². The van der Waals surface area contributed by atoms with Crippen LogP contribution in [0.2, 0.25) is 0 Å². The predicted octanol–water partition coefficient (Wildman–Crippen LogP) is 3.52. The van der Waals surface area contributed by atoms with E-state index in [0.29, 0.717) is 13.2 Å². The number of amides is 1. The molecule has 0 radical (unpaired) electrons. The first kappa shape index (κ1) is 16.6. The Bertz CT molecular complexity index is 631. The highest BCUT2D eigenvalue weighted by atomic mass is 16.5. The van der Waals surface area contributed by atoms with E-state index < -0.39 is 0 Å². The Morgan fingerprint density at radius 3 is 2.77 bits per heavy atom. The maximum atomic E-state index is 12.6. The normalized spacial score (nSPS) is 11.0. The second-order valence-electron chi connectivity index (χ2n) is 5.60. The number of aromatic nitrogens is 1. The van der Waals surface area contributed by atoms with Crippen molar-refractivity contribution in [1.29, 1.82) is 0 Å². The van der Waals surface area contributed by atoms with Crippen LogP contribution in [-0.2, 0) is 11.3 Å². The standard InChI is InChI=1S/C18H26N2O2/c1-4-5-12-20-16-10-7-6-9-15(16)14(2)17(20)18(21)19-11-8-13-22-3/h6-7,9-10H,4-5,8,11-13H2,1-3H3,(H,19,21). The predicted molar refractivity (Wildman–Crippen MR) is 90.4 cm³/mol. The van der Waals surface area contributed by atoms with Gasteiger partial charge in [0.25, 0.3) is 5.91 Å². The molecule has 1 aromatic carbocycles. The Kier molecular flexibility index (Phi) is 6.01. The SMILES string of the molecule is CCCCn1c(C(=O)NCCCOC)c(C)c2ccccc21. The van der Waals surface area contributed by atoms with Crippen LogP contribution in [0, 0.1) is 6.92 Å². The van der Waals surface area contributed by atoms with Crippen molar-refractivity contribution in [2.24, 2.45) is 0 Å². The maximum Gasteiger partial charge on any atom is 0.268 e. The highest BCUT2D eigenvalue weighted by Crippen LogP contribution is 2.26. The zero-order valence-corrected chi connectivity index (χ0v) is 13.8. The van der Waals surface area contributed by atoms with E-state index in [1.54, 1.807) is 7.11 Å². The van der Waals surface area contributed by atoms with Crippen molar-refractivity contribution in [2.75, 3.05) is 20.3 Å². The molecule has 4 heteroatoms.